The molecule has 0 saturated heterocycles. The first-order chi connectivity index (χ1) is 12.1. The van der Waals surface area contributed by atoms with E-state index in [4.69, 9.17) is 11.6 Å². The molecule has 1 aromatic heterocycles. The van der Waals surface area contributed by atoms with Crippen LogP contribution in [0, 0.1) is 0 Å². The summed E-state index contributed by atoms with van der Waals surface area (Å²) in [5.74, 6) is -1.37. The third-order valence-electron chi connectivity index (χ3n) is 4.06. The maximum Gasteiger partial charge on any atom is 0.416 e. The fourth-order valence-electron chi connectivity index (χ4n) is 2.86. The summed E-state index contributed by atoms with van der Waals surface area (Å²) in [6.07, 6.45) is -4.51. The standard InChI is InChI=1S/C18H11ClF3NO3/c1-23-15(17(25)26)14(9-2-4-10(5-3-9)18(20,21)22)13-8-11(19)6-7-12(13)16(23)24/h2-8H,1H3,(H,25,26). The molecular formula is C18H11ClF3NO3. The number of rotatable bonds is 2. The topological polar surface area (TPSA) is 59.3 Å². The maximum absolute atomic E-state index is 12.8. The zero-order valence-corrected chi connectivity index (χ0v) is 14.0. The normalized spacial score (nSPS) is 11.7. The molecule has 0 spiro atoms. The zero-order chi connectivity index (χ0) is 19.2. The highest BCUT2D eigenvalue weighted by Crippen LogP contribution is 2.35. The molecule has 0 radical (unpaired) electrons. The Morgan fingerprint density at radius 1 is 1.08 bits per heavy atom. The third-order valence-corrected chi connectivity index (χ3v) is 4.30. The molecule has 4 nitrogen and oxygen atoms in total. The van der Waals surface area contributed by atoms with Gasteiger partial charge in [-0.3, -0.25) is 4.79 Å². The fraction of sp³-hybridized carbons (Fsp3) is 0.111. The molecule has 0 unspecified atom stereocenters. The minimum absolute atomic E-state index is 0.130. The Morgan fingerprint density at radius 2 is 1.69 bits per heavy atom. The molecule has 2 aromatic carbocycles. The lowest BCUT2D eigenvalue weighted by Gasteiger charge is -2.15. The minimum atomic E-state index is -4.51. The van der Waals surface area contributed by atoms with Gasteiger partial charge >= 0.3 is 12.1 Å². The van der Waals surface area contributed by atoms with Crippen LogP contribution in [0.5, 0.6) is 0 Å². The van der Waals surface area contributed by atoms with Crippen LogP contribution >= 0.6 is 11.6 Å². The molecule has 0 bridgehead atoms. The molecule has 3 aromatic rings. The summed E-state index contributed by atoms with van der Waals surface area (Å²) in [7, 11) is 1.30. The van der Waals surface area contributed by atoms with Gasteiger partial charge in [0.25, 0.3) is 5.56 Å². The molecule has 8 heteroatoms. The van der Waals surface area contributed by atoms with Crippen LogP contribution in [0.1, 0.15) is 16.1 Å². The number of aromatic carboxylic acids is 1. The molecule has 26 heavy (non-hydrogen) atoms. The van der Waals surface area contributed by atoms with Crippen LogP contribution in [-0.2, 0) is 13.2 Å². The number of hydrogen-bond donors (Lipinski definition) is 1. The number of carboxylic acids is 1. The number of aromatic nitrogens is 1. The van der Waals surface area contributed by atoms with E-state index < -0.39 is 23.3 Å². The van der Waals surface area contributed by atoms with Crippen molar-refractivity contribution in [3.8, 4) is 11.1 Å². The van der Waals surface area contributed by atoms with E-state index in [0.717, 1.165) is 16.7 Å². The summed E-state index contributed by atoms with van der Waals surface area (Å²) in [4.78, 5) is 24.2. The van der Waals surface area contributed by atoms with Gasteiger partial charge in [0.1, 0.15) is 5.69 Å². The predicted octanol–water partition coefficient (Wildman–Crippen LogP) is 4.58. The number of alkyl halides is 3. The van der Waals surface area contributed by atoms with Crippen LogP contribution in [0.4, 0.5) is 13.2 Å². The van der Waals surface area contributed by atoms with E-state index in [9.17, 15) is 27.9 Å². The lowest BCUT2D eigenvalue weighted by Crippen LogP contribution is -2.24. The summed E-state index contributed by atoms with van der Waals surface area (Å²) in [5.41, 5.74) is -1.36. The van der Waals surface area contributed by atoms with Crippen LogP contribution in [0.25, 0.3) is 21.9 Å². The Bertz CT molecular complexity index is 1090. The van der Waals surface area contributed by atoms with Crippen molar-refractivity contribution in [1.82, 2.24) is 4.57 Å². The van der Waals surface area contributed by atoms with Crippen LogP contribution in [-0.4, -0.2) is 15.6 Å². The second-order valence-corrected chi connectivity index (χ2v) is 6.09. The van der Waals surface area contributed by atoms with E-state index in [1.807, 2.05) is 0 Å². The SMILES string of the molecule is Cn1c(C(=O)O)c(-c2ccc(C(F)(F)F)cc2)c2cc(Cl)ccc2c1=O. The summed E-state index contributed by atoms with van der Waals surface area (Å²) < 4.78 is 39.4. The highest BCUT2D eigenvalue weighted by atomic mass is 35.5. The van der Waals surface area contributed by atoms with Gasteiger partial charge in [-0.05, 0) is 41.3 Å². The molecule has 0 saturated carbocycles. The van der Waals surface area contributed by atoms with Gasteiger partial charge in [0.2, 0.25) is 0 Å². The second-order valence-electron chi connectivity index (χ2n) is 5.66. The van der Waals surface area contributed by atoms with Crippen LogP contribution in [0.15, 0.2) is 47.3 Å². The molecule has 0 aliphatic carbocycles. The summed E-state index contributed by atoms with van der Waals surface area (Å²) in [6.45, 7) is 0. The molecular weight excluding hydrogens is 371 g/mol. The van der Waals surface area contributed by atoms with Crippen LogP contribution < -0.4 is 5.56 Å². The molecule has 1 heterocycles. The molecule has 134 valence electrons. The first kappa shape index (κ1) is 18.0. The summed E-state index contributed by atoms with van der Waals surface area (Å²) >= 11 is 5.98. The van der Waals surface area contributed by atoms with E-state index in [1.54, 1.807) is 0 Å². The Kier molecular flexibility index (Phi) is 4.28. The number of halogens is 4. The van der Waals surface area contributed by atoms with Gasteiger partial charge in [-0.1, -0.05) is 23.7 Å². The Balaban J connectivity index is 2.42. The monoisotopic (exact) mass is 381 g/mol. The van der Waals surface area contributed by atoms with Crippen LogP contribution in [0.2, 0.25) is 5.02 Å². The van der Waals surface area contributed by atoms with Gasteiger partial charge in [0, 0.05) is 23.0 Å². The Hall–Kier alpha value is -2.80. The summed E-state index contributed by atoms with van der Waals surface area (Å²) in [5, 5.41) is 10.3. The summed E-state index contributed by atoms with van der Waals surface area (Å²) in [6, 6.07) is 8.45. The number of carbonyl (C=O) groups is 1. The molecule has 3 rings (SSSR count). The number of fused-ring (bicyclic) bond motifs is 1. The number of benzene rings is 2. The van der Waals surface area contributed by atoms with Crippen molar-refractivity contribution in [2.45, 2.75) is 6.18 Å². The highest BCUT2D eigenvalue weighted by Gasteiger charge is 2.30. The maximum atomic E-state index is 12.8. The fourth-order valence-corrected chi connectivity index (χ4v) is 3.03. The second kappa shape index (κ2) is 6.17. The van der Waals surface area contributed by atoms with E-state index >= 15 is 0 Å². The minimum Gasteiger partial charge on any atom is -0.477 e. The molecule has 0 amide bonds. The van der Waals surface area contributed by atoms with Gasteiger partial charge in [0.15, 0.2) is 0 Å². The van der Waals surface area contributed by atoms with Gasteiger partial charge in [-0.25, -0.2) is 4.79 Å². The van der Waals surface area contributed by atoms with Crippen LogP contribution in [0.3, 0.4) is 0 Å². The van der Waals surface area contributed by atoms with Crippen molar-refractivity contribution in [3.05, 3.63) is 69.1 Å². The van der Waals surface area contributed by atoms with Gasteiger partial charge in [0.05, 0.1) is 5.56 Å². The molecule has 1 N–H and O–H groups in total. The number of carboxylic acid groups (broad SMARTS) is 1. The predicted molar refractivity (Wildman–Crippen MR) is 91.6 cm³/mol. The van der Waals surface area contributed by atoms with E-state index in [0.29, 0.717) is 0 Å². The Morgan fingerprint density at radius 3 is 2.23 bits per heavy atom. The Labute approximate surface area is 150 Å². The lowest BCUT2D eigenvalue weighted by molar-refractivity contribution is -0.137. The van der Waals surface area contributed by atoms with E-state index in [-0.39, 0.29) is 32.6 Å². The van der Waals surface area contributed by atoms with Gasteiger partial charge in [-0.2, -0.15) is 13.2 Å². The number of pyridine rings is 1. The average Bonchev–Trinajstić information content (AvgIpc) is 2.56. The van der Waals surface area contributed by atoms with Crippen molar-refractivity contribution in [2.75, 3.05) is 0 Å². The largest absolute Gasteiger partial charge is 0.477 e. The number of nitrogens with zero attached hydrogens (tertiary/aromatic N) is 1. The van der Waals surface area contributed by atoms with Crippen molar-refractivity contribution in [1.29, 1.82) is 0 Å². The van der Waals surface area contributed by atoms with Crippen molar-refractivity contribution >= 4 is 28.3 Å². The zero-order valence-electron chi connectivity index (χ0n) is 13.3. The lowest BCUT2D eigenvalue weighted by atomic mass is 9.96. The van der Waals surface area contributed by atoms with Crippen molar-refractivity contribution < 1.29 is 23.1 Å². The van der Waals surface area contributed by atoms with Crippen molar-refractivity contribution in [3.63, 3.8) is 0 Å². The first-order valence-corrected chi connectivity index (χ1v) is 7.72. The first-order valence-electron chi connectivity index (χ1n) is 7.34. The molecule has 0 atom stereocenters. The molecule has 0 aliphatic heterocycles. The van der Waals surface area contributed by atoms with Crippen molar-refractivity contribution in [2.24, 2.45) is 7.05 Å². The smallest absolute Gasteiger partial charge is 0.416 e. The third kappa shape index (κ3) is 2.94. The average molecular weight is 382 g/mol. The van der Waals surface area contributed by atoms with Gasteiger partial charge < -0.3 is 9.67 Å². The highest BCUT2D eigenvalue weighted by molar-refractivity contribution is 6.31. The number of hydrogen-bond acceptors (Lipinski definition) is 2. The van der Waals surface area contributed by atoms with Gasteiger partial charge in [-0.15, -0.1) is 0 Å². The quantitative estimate of drug-likeness (QED) is 0.707. The van der Waals surface area contributed by atoms with E-state index in [2.05, 4.69) is 0 Å². The van der Waals surface area contributed by atoms with E-state index in [1.165, 1.54) is 37.4 Å². The molecule has 0 fully saturated rings. The molecule has 0 aliphatic rings.